The smallest absolute Gasteiger partial charge is 0.224 e. The topological polar surface area (TPSA) is 48.5 Å². The highest BCUT2D eigenvalue weighted by Gasteiger charge is 2.31. The average molecular weight is 365 g/mol. The summed E-state index contributed by atoms with van der Waals surface area (Å²) >= 11 is 1.69. The number of likely N-dealkylation sites (tertiary alicyclic amines) is 2. The number of amides is 1. The fourth-order valence-corrected chi connectivity index (χ4v) is 4.74. The summed E-state index contributed by atoms with van der Waals surface area (Å²) in [5.41, 5.74) is 0.991. The first kappa shape index (κ1) is 18.8. The van der Waals surface area contributed by atoms with E-state index < -0.39 is 0 Å². The van der Waals surface area contributed by atoms with Crippen molar-refractivity contribution in [2.45, 2.75) is 58.0 Å². The normalized spacial score (nSPS) is 23.9. The highest BCUT2D eigenvalue weighted by molar-refractivity contribution is 7.09. The summed E-state index contributed by atoms with van der Waals surface area (Å²) < 4.78 is 0. The molecule has 0 bridgehead atoms. The molecule has 0 aromatic carbocycles. The monoisotopic (exact) mass is 364 g/mol. The van der Waals surface area contributed by atoms with E-state index in [-0.39, 0.29) is 11.8 Å². The number of carbonyl (C=O) groups excluding carboxylic acids is 1. The van der Waals surface area contributed by atoms with Gasteiger partial charge in [-0.15, -0.1) is 11.3 Å². The van der Waals surface area contributed by atoms with Crippen molar-refractivity contribution in [3.8, 4) is 0 Å². The number of carbonyl (C=O) groups is 1. The third kappa shape index (κ3) is 5.02. The number of rotatable bonds is 5. The van der Waals surface area contributed by atoms with Gasteiger partial charge in [-0.3, -0.25) is 9.69 Å². The highest BCUT2D eigenvalue weighted by Crippen LogP contribution is 2.24. The molecule has 25 heavy (non-hydrogen) atoms. The van der Waals surface area contributed by atoms with Crippen molar-refractivity contribution < 1.29 is 4.79 Å². The Morgan fingerprint density at radius 2 is 2.08 bits per heavy atom. The summed E-state index contributed by atoms with van der Waals surface area (Å²) in [5, 5.41) is 6.34. The fourth-order valence-electron chi connectivity index (χ4n) is 3.90. The summed E-state index contributed by atoms with van der Waals surface area (Å²) in [7, 11) is 2.20. The van der Waals surface area contributed by atoms with Crippen LogP contribution in [0.25, 0.3) is 0 Å². The van der Waals surface area contributed by atoms with Gasteiger partial charge in [0.2, 0.25) is 5.91 Å². The van der Waals surface area contributed by atoms with E-state index in [2.05, 4.69) is 46.4 Å². The Balaban J connectivity index is 1.48. The molecule has 0 aliphatic carbocycles. The van der Waals surface area contributed by atoms with Crippen molar-refractivity contribution in [2.24, 2.45) is 5.92 Å². The van der Waals surface area contributed by atoms with Gasteiger partial charge in [-0.1, -0.05) is 13.8 Å². The van der Waals surface area contributed by atoms with E-state index in [1.54, 1.807) is 11.3 Å². The van der Waals surface area contributed by atoms with Crippen LogP contribution >= 0.6 is 11.3 Å². The molecule has 1 N–H and O–H groups in total. The van der Waals surface area contributed by atoms with E-state index in [9.17, 15) is 4.79 Å². The van der Waals surface area contributed by atoms with Gasteiger partial charge in [-0.25, -0.2) is 4.98 Å². The van der Waals surface area contributed by atoms with Crippen molar-refractivity contribution in [1.82, 2.24) is 20.1 Å². The Kier molecular flexibility index (Phi) is 6.47. The number of thiazole rings is 1. The highest BCUT2D eigenvalue weighted by atomic mass is 32.1. The van der Waals surface area contributed by atoms with Crippen LogP contribution in [0, 0.1) is 5.92 Å². The van der Waals surface area contributed by atoms with Gasteiger partial charge in [-0.2, -0.15) is 0 Å². The molecule has 6 heteroatoms. The van der Waals surface area contributed by atoms with Crippen molar-refractivity contribution in [1.29, 1.82) is 0 Å². The summed E-state index contributed by atoms with van der Waals surface area (Å²) in [6.45, 7) is 9.31. The molecule has 3 rings (SSSR count). The molecular weight excluding hydrogens is 332 g/mol. The van der Waals surface area contributed by atoms with Gasteiger partial charge in [0.05, 0.1) is 23.2 Å². The standard InChI is InChI=1S/C19H32N4OS/c1-14(2)19-21-16(13-25-19)11-20-18(24)15-5-4-8-23(12-15)17-6-9-22(3)10-7-17/h13-15,17H,4-12H2,1-3H3,(H,20,24)/t15-/m1/s1. The molecule has 2 fully saturated rings. The minimum absolute atomic E-state index is 0.136. The van der Waals surface area contributed by atoms with E-state index in [1.165, 1.54) is 25.9 Å². The van der Waals surface area contributed by atoms with Gasteiger partial charge >= 0.3 is 0 Å². The Hall–Kier alpha value is -0.980. The molecule has 1 amide bonds. The van der Waals surface area contributed by atoms with Crippen LogP contribution in [-0.2, 0) is 11.3 Å². The van der Waals surface area contributed by atoms with Gasteiger partial charge in [-0.05, 0) is 52.4 Å². The van der Waals surface area contributed by atoms with Gasteiger partial charge < -0.3 is 10.2 Å². The summed E-state index contributed by atoms with van der Waals surface area (Å²) in [4.78, 5) is 22.2. The largest absolute Gasteiger partial charge is 0.350 e. The van der Waals surface area contributed by atoms with Crippen molar-refractivity contribution >= 4 is 17.2 Å². The van der Waals surface area contributed by atoms with Crippen molar-refractivity contribution in [2.75, 3.05) is 33.2 Å². The zero-order chi connectivity index (χ0) is 17.8. The minimum Gasteiger partial charge on any atom is -0.350 e. The quantitative estimate of drug-likeness (QED) is 0.873. The Labute approximate surface area is 155 Å². The lowest BCUT2D eigenvalue weighted by molar-refractivity contribution is -0.127. The molecule has 1 aromatic heterocycles. The van der Waals surface area contributed by atoms with Gasteiger partial charge in [0.1, 0.15) is 0 Å². The molecule has 0 radical (unpaired) electrons. The van der Waals surface area contributed by atoms with Crippen LogP contribution in [0.3, 0.4) is 0 Å². The molecule has 3 heterocycles. The zero-order valence-electron chi connectivity index (χ0n) is 15.8. The first-order valence-electron chi connectivity index (χ1n) is 9.67. The van der Waals surface area contributed by atoms with Gasteiger partial charge in [0.15, 0.2) is 0 Å². The van der Waals surface area contributed by atoms with Gasteiger partial charge in [0.25, 0.3) is 0 Å². The third-order valence-corrected chi connectivity index (χ3v) is 6.73. The summed E-state index contributed by atoms with van der Waals surface area (Å²) in [6.07, 6.45) is 4.63. The van der Waals surface area contributed by atoms with Crippen LogP contribution in [0.2, 0.25) is 0 Å². The maximum Gasteiger partial charge on any atom is 0.224 e. The summed E-state index contributed by atoms with van der Waals surface area (Å²) in [5.74, 6) is 0.796. The van der Waals surface area contributed by atoms with Crippen LogP contribution in [0.15, 0.2) is 5.38 Å². The molecule has 2 aliphatic heterocycles. The molecule has 2 aliphatic rings. The Morgan fingerprint density at radius 1 is 1.32 bits per heavy atom. The molecule has 2 saturated heterocycles. The molecular formula is C19H32N4OS. The number of piperidine rings is 2. The zero-order valence-corrected chi connectivity index (χ0v) is 16.6. The molecule has 1 aromatic rings. The van der Waals surface area contributed by atoms with Crippen LogP contribution in [0.4, 0.5) is 0 Å². The van der Waals surface area contributed by atoms with E-state index in [1.807, 2.05) is 0 Å². The van der Waals surface area contributed by atoms with E-state index in [4.69, 9.17) is 0 Å². The molecule has 5 nitrogen and oxygen atoms in total. The second-order valence-corrected chi connectivity index (χ2v) is 8.81. The molecule has 0 unspecified atom stereocenters. The number of hydrogen-bond donors (Lipinski definition) is 1. The fraction of sp³-hybridized carbons (Fsp3) is 0.789. The van der Waals surface area contributed by atoms with Crippen LogP contribution < -0.4 is 5.32 Å². The van der Waals surface area contributed by atoms with E-state index in [0.29, 0.717) is 18.5 Å². The minimum atomic E-state index is 0.136. The lowest BCUT2D eigenvalue weighted by Crippen LogP contribution is -2.50. The van der Waals surface area contributed by atoms with E-state index in [0.717, 1.165) is 36.6 Å². The number of aromatic nitrogens is 1. The molecule has 1 atom stereocenters. The predicted molar refractivity (Wildman–Crippen MR) is 103 cm³/mol. The maximum absolute atomic E-state index is 12.6. The Bertz CT molecular complexity index is 566. The summed E-state index contributed by atoms with van der Waals surface area (Å²) in [6, 6.07) is 0.666. The predicted octanol–water partition coefficient (Wildman–Crippen LogP) is 2.69. The molecule has 0 spiro atoms. The van der Waals surface area contributed by atoms with Gasteiger partial charge in [0, 0.05) is 23.9 Å². The second-order valence-electron chi connectivity index (χ2n) is 7.92. The number of nitrogens with zero attached hydrogens (tertiary/aromatic N) is 3. The lowest BCUT2D eigenvalue weighted by atomic mass is 9.93. The van der Waals surface area contributed by atoms with Crippen molar-refractivity contribution in [3.63, 3.8) is 0 Å². The van der Waals surface area contributed by atoms with E-state index >= 15 is 0 Å². The lowest BCUT2D eigenvalue weighted by Gasteiger charge is -2.41. The second kappa shape index (κ2) is 8.60. The Morgan fingerprint density at radius 3 is 2.76 bits per heavy atom. The van der Waals surface area contributed by atoms with Crippen LogP contribution in [-0.4, -0.2) is 60.0 Å². The van der Waals surface area contributed by atoms with Crippen LogP contribution in [0.1, 0.15) is 56.2 Å². The number of hydrogen-bond acceptors (Lipinski definition) is 5. The maximum atomic E-state index is 12.6. The SMILES string of the molecule is CC(C)c1nc(CNC(=O)[C@@H]2CCCN(C3CCN(C)CC3)C2)cs1. The van der Waals surface area contributed by atoms with Crippen molar-refractivity contribution in [3.05, 3.63) is 16.1 Å². The van der Waals surface area contributed by atoms with Crippen LogP contribution in [0.5, 0.6) is 0 Å². The first-order valence-corrected chi connectivity index (χ1v) is 10.6. The average Bonchev–Trinajstić information content (AvgIpc) is 3.10. The third-order valence-electron chi connectivity index (χ3n) is 5.54. The molecule has 0 saturated carbocycles. The molecule has 140 valence electrons. The number of nitrogens with one attached hydrogen (secondary N) is 1. The first-order chi connectivity index (χ1) is 12.0.